The molecule has 1 aliphatic carbocycles. The molecular weight excluding hydrogens is 456 g/mol. The van der Waals surface area contributed by atoms with E-state index >= 15 is 0 Å². The smallest absolute Gasteiger partial charge is 0.263 e. The van der Waals surface area contributed by atoms with Gasteiger partial charge >= 0.3 is 0 Å². The molecule has 1 saturated heterocycles. The number of rotatable bonds is 3. The second kappa shape index (κ2) is 12.6. The lowest BCUT2D eigenvalue weighted by Gasteiger charge is -2.26. The van der Waals surface area contributed by atoms with Crippen molar-refractivity contribution in [3.8, 4) is 11.5 Å². The van der Waals surface area contributed by atoms with Crippen LogP contribution in [0.5, 0.6) is 11.5 Å². The first-order valence-electron chi connectivity index (χ1n) is 11.9. The number of likely N-dealkylation sites (tertiary alicyclic amines) is 1. The van der Waals surface area contributed by atoms with Gasteiger partial charge in [0.15, 0.2) is 12.4 Å². The molecule has 1 unspecified atom stereocenters. The number of hydrogen-bond acceptors (Lipinski definition) is 6. The predicted molar refractivity (Wildman–Crippen MR) is 133 cm³/mol. The van der Waals surface area contributed by atoms with Gasteiger partial charge < -0.3 is 20.0 Å². The van der Waals surface area contributed by atoms with Crippen LogP contribution in [0.2, 0.25) is 5.02 Å². The first kappa shape index (κ1) is 25.8. The number of amides is 1. The molecule has 34 heavy (non-hydrogen) atoms. The van der Waals surface area contributed by atoms with E-state index in [4.69, 9.17) is 16.4 Å². The maximum Gasteiger partial charge on any atom is 0.263 e. The Morgan fingerprint density at radius 1 is 1.18 bits per heavy atom. The molecule has 1 heterocycles. The number of carbonyl (C=O) groups is 2. The van der Waals surface area contributed by atoms with Crippen LogP contribution >= 0.6 is 11.6 Å². The molecule has 1 aromatic carbocycles. The van der Waals surface area contributed by atoms with E-state index < -0.39 is 0 Å². The molecule has 2 N–H and O–H groups in total. The summed E-state index contributed by atoms with van der Waals surface area (Å²) in [5, 5.41) is 24.8. The summed E-state index contributed by atoms with van der Waals surface area (Å²) in [6.45, 7) is 3.38. The van der Waals surface area contributed by atoms with Crippen molar-refractivity contribution in [2.45, 2.75) is 58.3 Å². The van der Waals surface area contributed by atoms with Gasteiger partial charge in [0.05, 0.1) is 16.3 Å². The van der Waals surface area contributed by atoms with E-state index in [0.717, 1.165) is 51.3 Å². The van der Waals surface area contributed by atoms with Gasteiger partial charge in [-0.25, -0.2) is 0 Å². The molecule has 184 valence electrons. The fraction of sp³-hybridized carbons (Fsp3) is 0.500. The van der Waals surface area contributed by atoms with Crippen LogP contribution in [0.1, 0.15) is 67.8 Å². The van der Waals surface area contributed by atoms with Crippen LogP contribution in [0.4, 0.5) is 0 Å². The second-order valence-corrected chi connectivity index (χ2v) is 9.29. The number of carbonyl (C=O) groups excluding carboxylic acids is 2. The SMILES string of the molecule is CC1/C=C/CCCC(=O)c2c(O)cc(O)c(Cl)c2CC(=N/OCC(=O)N2CCCCC2)/C=C/C1. The maximum absolute atomic E-state index is 12.9. The highest BCUT2D eigenvalue weighted by molar-refractivity contribution is 6.33. The fourth-order valence-electron chi connectivity index (χ4n) is 4.20. The Hall–Kier alpha value is -2.80. The number of phenolic OH excluding ortho intramolecular Hbond substituents is 2. The first-order chi connectivity index (χ1) is 16.4. The van der Waals surface area contributed by atoms with Gasteiger partial charge in [0.1, 0.15) is 11.5 Å². The zero-order chi connectivity index (χ0) is 24.5. The van der Waals surface area contributed by atoms with Crippen LogP contribution in [-0.2, 0) is 16.1 Å². The van der Waals surface area contributed by atoms with Crippen molar-refractivity contribution < 1.29 is 24.6 Å². The molecule has 1 aromatic rings. The summed E-state index contributed by atoms with van der Waals surface area (Å²) < 4.78 is 0. The highest BCUT2D eigenvalue weighted by Gasteiger charge is 2.23. The molecule has 1 atom stereocenters. The van der Waals surface area contributed by atoms with Crippen LogP contribution < -0.4 is 0 Å². The molecule has 2 aliphatic rings. The van der Waals surface area contributed by atoms with Crippen molar-refractivity contribution in [1.29, 1.82) is 0 Å². The molecule has 1 aliphatic heterocycles. The van der Waals surface area contributed by atoms with Crippen molar-refractivity contribution >= 4 is 29.0 Å². The lowest BCUT2D eigenvalue weighted by atomic mass is 9.94. The Balaban J connectivity index is 1.88. The van der Waals surface area contributed by atoms with Crippen LogP contribution in [-0.4, -0.2) is 52.2 Å². The van der Waals surface area contributed by atoms with Crippen molar-refractivity contribution in [3.63, 3.8) is 0 Å². The zero-order valence-electron chi connectivity index (χ0n) is 19.6. The van der Waals surface area contributed by atoms with Gasteiger partial charge in [-0.3, -0.25) is 9.59 Å². The van der Waals surface area contributed by atoms with Crippen LogP contribution in [0.25, 0.3) is 0 Å². The number of nitrogens with zero attached hydrogens (tertiary/aromatic N) is 2. The van der Waals surface area contributed by atoms with Crippen LogP contribution in [0.3, 0.4) is 0 Å². The number of hydrogen-bond donors (Lipinski definition) is 2. The summed E-state index contributed by atoms with van der Waals surface area (Å²) in [6, 6.07) is 1.09. The summed E-state index contributed by atoms with van der Waals surface area (Å²) >= 11 is 6.37. The number of oxime groups is 1. The third kappa shape index (κ3) is 7.10. The number of piperidine rings is 1. The predicted octanol–water partition coefficient (Wildman–Crippen LogP) is 5.18. The molecule has 1 amide bonds. The summed E-state index contributed by atoms with van der Waals surface area (Å²) in [7, 11) is 0. The van der Waals surface area contributed by atoms with E-state index in [9.17, 15) is 19.8 Å². The number of halogens is 1. The summed E-state index contributed by atoms with van der Waals surface area (Å²) in [4.78, 5) is 32.5. The Labute approximate surface area is 205 Å². The third-order valence-corrected chi connectivity index (χ3v) is 6.52. The molecule has 0 spiro atoms. The van der Waals surface area contributed by atoms with Crippen molar-refractivity contribution in [2.75, 3.05) is 19.7 Å². The van der Waals surface area contributed by atoms with Gasteiger partial charge in [-0.05, 0) is 56.1 Å². The van der Waals surface area contributed by atoms with Crippen molar-refractivity contribution in [2.24, 2.45) is 11.1 Å². The molecule has 8 heteroatoms. The number of ketones is 1. The Bertz CT molecular complexity index is 980. The van der Waals surface area contributed by atoms with E-state index in [2.05, 4.69) is 24.2 Å². The monoisotopic (exact) mass is 488 g/mol. The lowest BCUT2D eigenvalue weighted by Crippen LogP contribution is -2.37. The normalized spacial score (nSPS) is 23.1. The molecular formula is C26H33ClN2O5. The molecule has 7 nitrogen and oxygen atoms in total. The number of fused-ring (bicyclic) bond motifs is 1. The minimum Gasteiger partial charge on any atom is -0.507 e. The number of allylic oxidation sites excluding steroid dienone is 4. The lowest BCUT2D eigenvalue weighted by molar-refractivity contribution is -0.137. The average molecular weight is 489 g/mol. The largest absolute Gasteiger partial charge is 0.507 e. The van der Waals surface area contributed by atoms with Gasteiger partial charge in [0.25, 0.3) is 5.91 Å². The average Bonchev–Trinajstić information content (AvgIpc) is 2.81. The Kier molecular flexibility index (Phi) is 9.57. The third-order valence-electron chi connectivity index (χ3n) is 6.09. The highest BCUT2D eigenvalue weighted by Crippen LogP contribution is 2.37. The highest BCUT2D eigenvalue weighted by atomic mass is 35.5. The molecule has 0 bridgehead atoms. The van der Waals surface area contributed by atoms with E-state index in [1.54, 1.807) is 11.0 Å². The Morgan fingerprint density at radius 2 is 1.94 bits per heavy atom. The van der Waals surface area contributed by atoms with E-state index in [1.807, 2.05) is 6.08 Å². The molecule has 1 fully saturated rings. The van der Waals surface area contributed by atoms with E-state index in [0.29, 0.717) is 23.6 Å². The van der Waals surface area contributed by atoms with Gasteiger partial charge in [-0.2, -0.15) is 0 Å². The minimum absolute atomic E-state index is 0.00741. The topological polar surface area (TPSA) is 99.4 Å². The first-order valence-corrected chi connectivity index (χ1v) is 12.3. The molecule has 0 saturated carbocycles. The summed E-state index contributed by atoms with van der Waals surface area (Å²) in [6.07, 6.45) is 13.5. The number of Topliss-reactive ketones (excluding diaryl/α,β-unsaturated/α-hetero) is 1. The molecule has 3 rings (SSSR count). The fourth-order valence-corrected chi connectivity index (χ4v) is 4.42. The quantitative estimate of drug-likeness (QED) is 0.451. The standard InChI is InChI=1S/C26H33ClN2O5/c1-18-9-4-2-5-12-21(30)25-20(26(27)23(32)16-22(25)31)15-19(11-8-10-18)28-34-17-24(33)29-13-6-3-7-14-29/h4,8-9,11,16,18,31-32H,2-3,5-7,10,12-15,17H2,1H3/b9-4+,11-8+,28-19+. The zero-order valence-corrected chi connectivity index (χ0v) is 20.4. The van der Waals surface area contributed by atoms with E-state index in [-0.39, 0.29) is 53.2 Å². The van der Waals surface area contributed by atoms with Gasteiger partial charge in [-0.1, -0.05) is 41.9 Å². The number of benzene rings is 1. The maximum atomic E-state index is 12.9. The molecule has 0 aromatic heterocycles. The summed E-state index contributed by atoms with van der Waals surface area (Å²) in [5.41, 5.74) is 0.808. The second-order valence-electron chi connectivity index (χ2n) is 8.92. The van der Waals surface area contributed by atoms with Crippen LogP contribution in [0, 0.1) is 5.92 Å². The Morgan fingerprint density at radius 3 is 2.71 bits per heavy atom. The van der Waals surface area contributed by atoms with Crippen molar-refractivity contribution in [1.82, 2.24) is 4.90 Å². The van der Waals surface area contributed by atoms with Gasteiger partial charge in [0, 0.05) is 32.0 Å². The number of aromatic hydroxyl groups is 2. The van der Waals surface area contributed by atoms with Crippen molar-refractivity contribution in [3.05, 3.63) is 46.5 Å². The van der Waals surface area contributed by atoms with Gasteiger partial charge in [0.2, 0.25) is 0 Å². The van der Waals surface area contributed by atoms with E-state index in [1.165, 1.54) is 0 Å². The summed E-state index contributed by atoms with van der Waals surface area (Å²) in [5.74, 6) is -0.689. The molecule has 0 radical (unpaired) electrons. The minimum atomic E-state index is -0.317. The van der Waals surface area contributed by atoms with Gasteiger partial charge in [-0.15, -0.1) is 0 Å². The van der Waals surface area contributed by atoms with Crippen LogP contribution in [0.15, 0.2) is 35.5 Å². The number of phenols is 2.